The van der Waals surface area contributed by atoms with Crippen molar-refractivity contribution in [3.63, 3.8) is 0 Å². The summed E-state index contributed by atoms with van der Waals surface area (Å²) in [7, 11) is 0. The van der Waals surface area contributed by atoms with Crippen LogP contribution in [-0.2, 0) is 22.4 Å². The Morgan fingerprint density at radius 3 is 3.15 bits per heavy atom. The summed E-state index contributed by atoms with van der Waals surface area (Å²) in [6.45, 7) is 3.46. The van der Waals surface area contributed by atoms with E-state index in [4.69, 9.17) is 9.47 Å². The van der Waals surface area contributed by atoms with Crippen molar-refractivity contribution >= 4 is 11.8 Å². The molecular weight excluding hydrogens is 274 g/mol. The molecule has 1 aromatic rings. The highest BCUT2D eigenvalue weighted by atomic mass is 32.2. The smallest absolute Gasteiger partial charge is 0.191 e. The molecule has 1 atom stereocenters. The molecule has 112 valence electrons. The van der Waals surface area contributed by atoms with Crippen molar-refractivity contribution in [3.05, 3.63) is 5.82 Å². The van der Waals surface area contributed by atoms with Gasteiger partial charge in [-0.3, -0.25) is 0 Å². The molecule has 0 bridgehead atoms. The normalized spacial score (nSPS) is 22.7. The van der Waals surface area contributed by atoms with Gasteiger partial charge in [0.2, 0.25) is 0 Å². The van der Waals surface area contributed by atoms with Crippen molar-refractivity contribution in [3.8, 4) is 0 Å². The molecule has 20 heavy (non-hydrogen) atoms. The maximum atomic E-state index is 5.68. The van der Waals surface area contributed by atoms with E-state index in [1.807, 2.05) is 0 Å². The summed E-state index contributed by atoms with van der Waals surface area (Å²) in [5, 5.41) is 9.68. The van der Waals surface area contributed by atoms with Crippen LogP contribution in [0.1, 0.15) is 37.9 Å². The topological polar surface area (TPSA) is 49.2 Å². The van der Waals surface area contributed by atoms with E-state index >= 15 is 0 Å². The predicted molar refractivity (Wildman–Crippen MR) is 78.1 cm³/mol. The molecule has 1 unspecified atom stereocenters. The second-order valence-electron chi connectivity index (χ2n) is 5.42. The molecule has 0 amide bonds. The van der Waals surface area contributed by atoms with Crippen LogP contribution in [0.5, 0.6) is 0 Å². The molecular formula is C14H23N3O2S. The molecule has 0 aliphatic carbocycles. The summed E-state index contributed by atoms with van der Waals surface area (Å²) in [6, 6.07) is 0. The van der Waals surface area contributed by atoms with Gasteiger partial charge < -0.3 is 14.0 Å². The van der Waals surface area contributed by atoms with E-state index in [0.717, 1.165) is 55.9 Å². The second kappa shape index (κ2) is 7.43. The van der Waals surface area contributed by atoms with Crippen LogP contribution in [0.25, 0.3) is 0 Å². The van der Waals surface area contributed by atoms with Crippen molar-refractivity contribution in [1.29, 1.82) is 0 Å². The van der Waals surface area contributed by atoms with Gasteiger partial charge in [0.05, 0.1) is 19.3 Å². The quantitative estimate of drug-likeness (QED) is 0.595. The summed E-state index contributed by atoms with van der Waals surface area (Å²) < 4.78 is 13.5. The van der Waals surface area contributed by atoms with Gasteiger partial charge in [0.1, 0.15) is 5.82 Å². The second-order valence-corrected chi connectivity index (χ2v) is 6.48. The maximum absolute atomic E-state index is 5.68. The van der Waals surface area contributed by atoms with Gasteiger partial charge in [-0.1, -0.05) is 18.2 Å². The number of ether oxygens (including phenoxy) is 2. The first-order valence-electron chi connectivity index (χ1n) is 7.68. The molecule has 0 radical (unpaired) electrons. The fraction of sp³-hybridized carbons (Fsp3) is 0.857. The standard InChI is InChI=1S/C14H23N3O2S/c1-2-6-13-15-16-14(17(13)7-3-1)20-10-9-18-11-12-5-4-8-19-12/h12H,1-11H2. The van der Waals surface area contributed by atoms with E-state index in [1.54, 1.807) is 11.8 Å². The molecule has 0 saturated carbocycles. The lowest BCUT2D eigenvalue weighted by Crippen LogP contribution is -2.15. The van der Waals surface area contributed by atoms with E-state index in [1.165, 1.54) is 25.7 Å². The third kappa shape index (κ3) is 3.74. The zero-order chi connectivity index (χ0) is 13.6. The number of aromatic nitrogens is 3. The summed E-state index contributed by atoms with van der Waals surface area (Å²) in [4.78, 5) is 0. The molecule has 0 aromatic carbocycles. The lowest BCUT2D eigenvalue weighted by atomic mass is 10.2. The van der Waals surface area contributed by atoms with Crippen LogP contribution >= 0.6 is 11.8 Å². The minimum Gasteiger partial charge on any atom is -0.378 e. The highest BCUT2D eigenvalue weighted by Crippen LogP contribution is 2.21. The van der Waals surface area contributed by atoms with Gasteiger partial charge in [0, 0.05) is 25.3 Å². The van der Waals surface area contributed by atoms with Crippen molar-refractivity contribution in [2.45, 2.75) is 56.3 Å². The van der Waals surface area contributed by atoms with Crippen molar-refractivity contribution in [1.82, 2.24) is 14.8 Å². The first kappa shape index (κ1) is 14.4. The van der Waals surface area contributed by atoms with Crippen LogP contribution in [0, 0.1) is 0 Å². The number of nitrogens with zero attached hydrogens (tertiary/aromatic N) is 3. The van der Waals surface area contributed by atoms with Crippen molar-refractivity contribution in [2.75, 3.05) is 25.6 Å². The zero-order valence-corrected chi connectivity index (χ0v) is 12.7. The van der Waals surface area contributed by atoms with Gasteiger partial charge in [-0.15, -0.1) is 10.2 Å². The van der Waals surface area contributed by atoms with Gasteiger partial charge in [-0.2, -0.15) is 0 Å². The Kier molecular flexibility index (Phi) is 5.33. The van der Waals surface area contributed by atoms with Crippen LogP contribution in [0.3, 0.4) is 0 Å². The van der Waals surface area contributed by atoms with Crippen LogP contribution in [0.4, 0.5) is 0 Å². The molecule has 6 heteroatoms. The maximum Gasteiger partial charge on any atom is 0.191 e. The Balaban J connectivity index is 1.39. The van der Waals surface area contributed by atoms with Crippen molar-refractivity contribution < 1.29 is 9.47 Å². The van der Waals surface area contributed by atoms with E-state index in [0.29, 0.717) is 6.10 Å². The predicted octanol–water partition coefficient (Wildman–Crippen LogP) is 2.29. The highest BCUT2D eigenvalue weighted by Gasteiger charge is 2.16. The Bertz CT molecular complexity index is 419. The Morgan fingerprint density at radius 1 is 1.25 bits per heavy atom. The number of hydrogen-bond acceptors (Lipinski definition) is 5. The Labute approximate surface area is 124 Å². The fourth-order valence-corrected chi connectivity index (χ4v) is 3.58. The molecule has 2 aliphatic heterocycles. The number of thioether (sulfide) groups is 1. The Hall–Kier alpha value is -0.590. The fourth-order valence-electron chi connectivity index (χ4n) is 2.75. The van der Waals surface area contributed by atoms with Gasteiger partial charge in [-0.25, -0.2) is 0 Å². The molecule has 1 saturated heterocycles. The number of hydrogen-bond donors (Lipinski definition) is 0. The SMILES string of the molecule is C1CCc2nnc(SCCOCC3CCCO3)n2CC1. The summed E-state index contributed by atoms with van der Waals surface area (Å²) >= 11 is 1.76. The zero-order valence-electron chi connectivity index (χ0n) is 11.9. The molecule has 3 rings (SSSR count). The molecule has 0 spiro atoms. The highest BCUT2D eigenvalue weighted by molar-refractivity contribution is 7.99. The van der Waals surface area contributed by atoms with Gasteiger partial charge in [0.15, 0.2) is 5.16 Å². The van der Waals surface area contributed by atoms with Crippen LogP contribution in [0.2, 0.25) is 0 Å². The molecule has 3 heterocycles. The third-order valence-corrected chi connectivity index (χ3v) is 4.79. The van der Waals surface area contributed by atoms with Gasteiger partial charge in [-0.05, 0) is 25.7 Å². The molecule has 0 N–H and O–H groups in total. The minimum absolute atomic E-state index is 0.323. The lowest BCUT2D eigenvalue weighted by Gasteiger charge is -2.10. The number of aryl methyl sites for hydroxylation is 1. The van der Waals surface area contributed by atoms with Crippen LogP contribution in [0.15, 0.2) is 5.16 Å². The van der Waals surface area contributed by atoms with E-state index in [2.05, 4.69) is 14.8 Å². The van der Waals surface area contributed by atoms with E-state index < -0.39 is 0 Å². The first-order valence-corrected chi connectivity index (χ1v) is 8.66. The number of fused-ring (bicyclic) bond motifs is 1. The van der Waals surface area contributed by atoms with Gasteiger partial charge in [0.25, 0.3) is 0 Å². The van der Waals surface area contributed by atoms with Crippen LogP contribution in [-0.4, -0.2) is 46.4 Å². The molecule has 5 nitrogen and oxygen atoms in total. The van der Waals surface area contributed by atoms with E-state index in [9.17, 15) is 0 Å². The first-order chi connectivity index (χ1) is 9.93. The molecule has 1 fully saturated rings. The summed E-state index contributed by atoms with van der Waals surface area (Å²) in [5.41, 5.74) is 0. The average Bonchev–Trinajstić information content (AvgIpc) is 3.04. The van der Waals surface area contributed by atoms with Crippen molar-refractivity contribution in [2.24, 2.45) is 0 Å². The monoisotopic (exact) mass is 297 g/mol. The van der Waals surface area contributed by atoms with E-state index in [-0.39, 0.29) is 0 Å². The summed E-state index contributed by atoms with van der Waals surface area (Å²) in [6.07, 6.45) is 7.51. The lowest BCUT2D eigenvalue weighted by molar-refractivity contribution is 0.0226. The largest absolute Gasteiger partial charge is 0.378 e. The minimum atomic E-state index is 0.323. The van der Waals surface area contributed by atoms with Crippen LogP contribution < -0.4 is 0 Å². The average molecular weight is 297 g/mol. The number of rotatable bonds is 6. The van der Waals surface area contributed by atoms with Gasteiger partial charge >= 0.3 is 0 Å². The Morgan fingerprint density at radius 2 is 2.25 bits per heavy atom. The molecule has 1 aromatic heterocycles. The summed E-state index contributed by atoms with van der Waals surface area (Å²) in [5.74, 6) is 2.09. The third-order valence-electron chi connectivity index (χ3n) is 3.86. The molecule has 2 aliphatic rings.